The number of ether oxygens (including phenoxy) is 2. The van der Waals surface area contributed by atoms with Crippen LogP contribution in [0.5, 0.6) is 5.75 Å². The Hall–Kier alpha value is -1.80. The molecule has 1 rings (SSSR count). The van der Waals surface area contributed by atoms with Gasteiger partial charge >= 0.3 is 5.97 Å². The van der Waals surface area contributed by atoms with Crippen molar-refractivity contribution in [3.63, 3.8) is 0 Å². The van der Waals surface area contributed by atoms with Gasteiger partial charge in [-0.15, -0.1) is 0 Å². The topological polar surface area (TPSA) is 84.9 Å². The molecule has 126 valence electrons. The molecule has 0 aromatic heterocycles. The van der Waals surface area contributed by atoms with E-state index in [0.29, 0.717) is 15.2 Å². The molecule has 0 aliphatic heterocycles. The minimum Gasteiger partial charge on any atom is -0.481 e. The molecule has 0 unspecified atom stereocenters. The summed E-state index contributed by atoms with van der Waals surface area (Å²) in [5.74, 6) is -1.08. The summed E-state index contributed by atoms with van der Waals surface area (Å²) >= 11 is 9.04. The van der Waals surface area contributed by atoms with Gasteiger partial charge in [0.05, 0.1) is 11.0 Å². The van der Waals surface area contributed by atoms with Crippen molar-refractivity contribution in [1.82, 2.24) is 10.2 Å². The molecule has 0 aliphatic rings. The predicted molar refractivity (Wildman–Crippen MR) is 87.3 cm³/mol. The summed E-state index contributed by atoms with van der Waals surface area (Å²) in [6, 6.07) is 4.84. The third-order valence-electron chi connectivity index (χ3n) is 2.68. The zero-order chi connectivity index (χ0) is 17.4. The maximum Gasteiger partial charge on any atom is 0.344 e. The molecule has 1 N–H and O–H groups in total. The van der Waals surface area contributed by atoms with Gasteiger partial charge in [-0.05, 0) is 34.1 Å². The normalized spacial score (nSPS) is 9.91. The summed E-state index contributed by atoms with van der Waals surface area (Å²) in [7, 11) is 2.90. The summed E-state index contributed by atoms with van der Waals surface area (Å²) in [6.45, 7) is -0.925. The van der Waals surface area contributed by atoms with E-state index in [1.54, 1.807) is 18.2 Å². The van der Waals surface area contributed by atoms with Crippen LogP contribution in [0.4, 0.5) is 0 Å². The van der Waals surface area contributed by atoms with Crippen molar-refractivity contribution in [2.45, 2.75) is 0 Å². The zero-order valence-corrected chi connectivity index (χ0v) is 14.9. The quantitative estimate of drug-likeness (QED) is 0.687. The number of nitrogens with one attached hydrogen (secondary N) is 1. The van der Waals surface area contributed by atoms with Crippen LogP contribution in [0.2, 0.25) is 5.02 Å². The highest BCUT2D eigenvalue weighted by atomic mass is 79.9. The van der Waals surface area contributed by atoms with Crippen LogP contribution in [0.15, 0.2) is 22.7 Å². The van der Waals surface area contributed by atoms with Crippen LogP contribution in [0.1, 0.15) is 0 Å². The van der Waals surface area contributed by atoms with Crippen LogP contribution in [-0.4, -0.2) is 56.5 Å². The fourth-order valence-electron chi connectivity index (χ4n) is 1.41. The molecular weight excluding hydrogens is 392 g/mol. The molecule has 0 aliphatic carbocycles. The van der Waals surface area contributed by atoms with Crippen LogP contribution in [0.3, 0.4) is 0 Å². The Labute approximate surface area is 147 Å². The van der Waals surface area contributed by atoms with Gasteiger partial charge in [-0.2, -0.15) is 0 Å². The first-order valence-electron chi connectivity index (χ1n) is 6.51. The minimum absolute atomic E-state index is 0.110. The number of nitrogens with zero attached hydrogens (tertiary/aromatic N) is 1. The molecular formula is C14H16BrClN2O5. The van der Waals surface area contributed by atoms with Gasteiger partial charge in [0.2, 0.25) is 5.91 Å². The maximum absolute atomic E-state index is 11.7. The van der Waals surface area contributed by atoms with E-state index in [4.69, 9.17) is 21.1 Å². The number of carbonyl (C=O) groups is 3. The van der Waals surface area contributed by atoms with Crippen molar-refractivity contribution in [3.05, 3.63) is 27.7 Å². The fraction of sp³-hybridized carbons (Fsp3) is 0.357. The first-order valence-corrected chi connectivity index (χ1v) is 7.68. The van der Waals surface area contributed by atoms with Gasteiger partial charge in [0, 0.05) is 19.1 Å². The molecule has 0 atom stereocenters. The van der Waals surface area contributed by atoms with E-state index in [2.05, 4.69) is 21.2 Å². The van der Waals surface area contributed by atoms with E-state index in [9.17, 15) is 14.4 Å². The Morgan fingerprint density at radius 1 is 1.30 bits per heavy atom. The third-order valence-corrected chi connectivity index (χ3v) is 3.54. The largest absolute Gasteiger partial charge is 0.481 e. The second kappa shape index (κ2) is 9.36. The summed E-state index contributed by atoms with van der Waals surface area (Å²) < 4.78 is 10.7. The average molecular weight is 408 g/mol. The van der Waals surface area contributed by atoms with Crippen molar-refractivity contribution in [3.8, 4) is 5.75 Å². The second-order valence-electron chi connectivity index (χ2n) is 4.45. The van der Waals surface area contributed by atoms with Gasteiger partial charge in [-0.1, -0.05) is 11.6 Å². The fourth-order valence-corrected chi connectivity index (χ4v) is 2.20. The first kappa shape index (κ1) is 19.2. The summed E-state index contributed by atoms with van der Waals surface area (Å²) in [5, 5.41) is 2.91. The summed E-state index contributed by atoms with van der Waals surface area (Å²) in [4.78, 5) is 35.5. The third kappa shape index (κ3) is 6.87. The molecule has 0 fully saturated rings. The molecule has 0 radical (unpaired) electrons. The van der Waals surface area contributed by atoms with Gasteiger partial charge in [-0.3, -0.25) is 9.59 Å². The van der Waals surface area contributed by atoms with Gasteiger partial charge in [0.1, 0.15) is 5.75 Å². The zero-order valence-electron chi connectivity index (χ0n) is 12.6. The number of benzene rings is 1. The highest BCUT2D eigenvalue weighted by Gasteiger charge is 2.15. The van der Waals surface area contributed by atoms with Crippen molar-refractivity contribution >= 4 is 45.3 Å². The van der Waals surface area contributed by atoms with E-state index in [0.717, 1.165) is 4.90 Å². The SMILES string of the molecule is CNC(=O)CN(C)C(=O)COC(=O)COc1ccc(Cl)cc1Br. The highest BCUT2D eigenvalue weighted by molar-refractivity contribution is 9.10. The van der Waals surface area contributed by atoms with Crippen molar-refractivity contribution in [1.29, 1.82) is 0 Å². The summed E-state index contributed by atoms with van der Waals surface area (Å²) in [5.41, 5.74) is 0. The second-order valence-corrected chi connectivity index (χ2v) is 5.74. The Balaban J connectivity index is 2.36. The molecule has 2 amide bonds. The number of carbonyl (C=O) groups excluding carboxylic acids is 3. The highest BCUT2D eigenvalue weighted by Crippen LogP contribution is 2.27. The van der Waals surface area contributed by atoms with Crippen LogP contribution < -0.4 is 10.1 Å². The number of amides is 2. The Morgan fingerprint density at radius 2 is 2.00 bits per heavy atom. The average Bonchev–Trinajstić information content (AvgIpc) is 2.51. The van der Waals surface area contributed by atoms with Crippen LogP contribution >= 0.6 is 27.5 Å². The van der Waals surface area contributed by atoms with Crippen LogP contribution in [0.25, 0.3) is 0 Å². The number of hydrogen-bond donors (Lipinski definition) is 1. The van der Waals surface area contributed by atoms with E-state index in [-0.39, 0.29) is 19.1 Å². The molecule has 1 aromatic carbocycles. The Bertz CT molecular complexity index is 597. The number of likely N-dealkylation sites (N-methyl/N-ethyl adjacent to an activating group) is 2. The number of halogens is 2. The predicted octanol–water partition coefficient (Wildman–Crippen LogP) is 1.23. The maximum atomic E-state index is 11.7. The molecule has 0 saturated carbocycles. The molecule has 1 aromatic rings. The standard InChI is InChI=1S/C14H16BrClN2O5/c1-17-12(19)6-18(2)13(20)7-23-14(21)8-22-11-4-3-9(16)5-10(11)15/h3-5H,6-8H2,1-2H3,(H,17,19). The van der Waals surface area contributed by atoms with Crippen molar-refractivity contribution in [2.75, 3.05) is 33.9 Å². The molecule has 0 spiro atoms. The first-order chi connectivity index (χ1) is 10.8. The number of esters is 1. The van der Waals surface area contributed by atoms with E-state index >= 15 is 0 Å². The number of rotatable bonds is 7. The van der Waals surface area contributed by atoms with Crippen molar-refractivity contribution < 1.29 is 23.9 Å². The van der Waals surface area contributed by atoms with Gasteiger partial charge in [0.25, 0.3) is 5.91 Å². The van der Waals surface area contributed by atoms with Gasteiger partial charge in [0.15, 0.2) is 13.2 Å². The lowest BCUT2D eigenvalue weighted by Crippen LogP contribution is -2.39. The van der Waals surface area contributed by atoms with E-state index < -0.39 is 18.5 Å². The summed E-state index contributed by atoms with van der Waals surface area (Å²) in [6.07, 6.45) is 0. The monoisotopic (exact) mass is 406 g/mol. The lowest BCUT2D eigenvalue weighted by Gasteiger charge is -2.16. The lowest BCUT2D eigenvalue weighted by atomic mass is 10.3. The van der Waals surface area contributed by atoms with E-state index in [1.807, 2.05) is 0 Å². The van der Waals surface area contributed by atoms with Crippen LogP contribution in [0, 0.1) is 0 Å². The Kier molecular flexibility index (Phi) is 7.84. The smallest absolute Gasteiger partial charge is 0.344 e. The molecule has 0 bridgehead atoms. The molecule has 7 nitrogen and oxygen atoms in total. The van der Waals surface area contributed by atoms with Crippen molar-refractivity contribution in [2.24, 2.45) is 0 Å². The van der Waals surface area contributed by atoms with Crippen LogP contribution in [-0.2, 0) is 19.1 Å². The Morgan fingerprint density at radius 3 is 2.61 bits per heavy atom. The molecule has 9 heteroatoms. The van der Waals surface area contributed by atoms with Gasteiger partial charge in [-0.25, -0.2) is 4.79 Å². The molecule has 0 saturated heterocycles. The molecule has 23 heavy (non-hydrogen) atoms. The van der Waals surface area contributed by atoms with E-state index in [1.165, 1.54) is 14.1 Å². The lowest BCUT2D eigenvalue weighted by molar-refractivity contribution is -0.153. The molecule has 0 heterocycles. The number of hydrogen-bond acceptors (Lipinski definition) is 5. The van der Waals surface area contributed by atoms with Gasteiger partial charge < -0.3 is 19.7 Å². The minimum atomic E-state index is -0.700.